The second-order valence-electron chi connectivity index (χ2n) is 6.20. The van der Waals surface area contributed by atoms with Crippen LogP contribution in [-0.2, 0) is 16.8 Å². The van der Waals surface area contributed by atoms with Gasteiger partial charge in [0.05, 0.1) is 6.10 Å². The quantitative estimate of drug-likeness (QED) is 0.798. The smallest absolute Gasteiger partial charge is 0.312 e. The number of fused-ring (bicyclic) bond motifs is 1. The van der Waals surface area contributed by atoms with Gasteiger partial charge in [0.2, 0.25) is 0 Å². The molecule has 9 heteroatoms. The molecule has 4 atom stereocenters. The van der Waals surface area contributed by atoms with Crippen molar-refractivity contribution in [2.24, 2.45) is 0 Å². The van der Waals surface area contributed by atoms with E-state index in [0.29, 0.717) is 19.4 Å². The van der Waals surface area contributed by atoms with Crippen molar-refractivity contribution in [1.29, 1.82) is 0 Å². The number of alkyl halides is 3. The average molecular weight is 364 g/mol. The zero-order chi connectivity index (χ0) is 17.6. The molecule has 0 spiro atoms. The van der Waals surface area contributed by atoms with Crippen LogP contribution in [0.15, 0.2) is 12.1 Å². The summed E-state index contributed by atoms with van der Waals surface area (Å²) in [5, 5.41) is 19.7. The lowest BCUT2D eigenvalue weighted by Gasteiger charge is -2.34. The number of piperidine rings is 1. The Morgan fingerprint density at radius 3 is 2.67 bits per heavy atom. The molecule has 0 aromatic heterocycles. The number of nitrogens with zero attached hydrogens (tertiary/aromatic N) is 1. The van der Waals surface area contributed by atoms with Gasteiger partial charge >= 0.3 is 5.92 Å². The maximum Gasteiger partial charge on any atom is 0.312 e. The lowest BCUT2D eigenvalue weighted by atomic mass is 9.98. The van der Waals surface area contributed by atoms with E-state index in [1.165, 1.54) is 12.1 Å². The lowest BCUT2D eigenvalue weighted by Crippen LogP contribution is -2.39. The predicted molar refractivity (Wildman–Crippen MR) is 80.3 cm³/mol. The van der Waals surface area contributed by atoms with Crippen LogP contribution >= 0.6 is 0 Å². The van der Waals surface area contributed by atoms with Gasteiger partial charge < -0.3 is 19.7 Å². The van der Waals surface area contributed by atoms with Crippen molar-refractivity contribution in [2.45, 2.75) is 42.9 Å². The van der Waals surface area contributed by atoms with E-state index in [2.05, 4.69) is 0 Å². The minimum atomic E-state index is -4.02. The van der Waals surface area contributed by atoms with Gasteiger partial charge in [-0.15, -0.1) is 0 Å². The first kappa shape index (κ1) is 17.7. The number of benzene rings is 1. The number of aliphatic hydroxyl groups excluding tert-OH is 2. The molecule has 1 aromatic rings. The Morgan fingerprint density at radius 1 is 1.33 bits per heavy atom. The molecular formula is C15H17F3NO4S-. The van der Waals surface area contributed by atoms with Crippen LogP contribution in [0.4, 0.5) is 18.9 Å². The standard InChI is InChI=1S/C15H18F3NO4S/c16-13-12-10(19-5-1-2-9(20)6-19)4-3-8(7-24(22)23)11(12)14(21)15(13,17)18/h3-4,9,13-14,20-21H,1-2,5-7H2,(H,22,23)/p-1/t9-,13+,14-/m0/s1. The maximum atomic E-state index is 14.4. The summed E-state index contributed by atoms with van der Waals surface area (Å²) >= 11 is -2.56. The maximum absolute atomic E-state index is 14.4. The number of hydrogen-bond acceptors (Lipinski definition) is 5. The van der Waals surface area contributed by atoms with Crippen LogP contribution in [0.2, 0.25) is 0 Å². The molecule has 1 saturated heterocycles. The first-order valence-electron chi connectivity index (χ1n) is 7.58. The Bertz CT molecular complexity index is 672. The van der Waals surface area contributed by atoms with Gasteiger partial charge in [-0.2, -0.15) is 8.78 Å². The van der Waals surface area contributed by atoms with Gasteiger partial charge in [-0.25, -0.2) is 4.39 Å². The van der Waals surface area contributed by atoms with Crippen molar-refractivity contribution in [3.63, 3.8) is 0 Å². The summed E-state index contributed by atoms with van der Waals surface area (Å²) in [4.78, 5) is 1.60. The zero-order valence-electron chi connectivity index (χ0n) is 12.6. The predicted octanol–water partition coefficient (Wildman–Crippen LogP) is 1.72. The van der Waals surface area contributed by atoms with Gasteiger partial charge in [-0.05, 0) is 30.0 Å². The summed E-state index contributed by atoms with van der Waals surface area (Å²) in [5.41, 5.74) is -0.585. The Morgan fingerprint density at radius 2 is 2.04 bits per heavy atom. The summed E-state index contributed by atoms with van der Waals surface area (Å²) in [6.07, 6.45) is -4.57. The van der Waals surface area contributed by atoms with Crippen LogP contribution in [0, 0.1) is 0 Å². The van der Waals surface area contributed by atoms with Crippen molar-refractivity contribution in [2.75, 3.05) is 18.0 Å². The van der Waals surface area contributed by atoms with Gasteiger partial charge in [-0.1, -0.05) is 17.1 Å². The van der Waals surface area contributed by atoms with E-state index >= 15 is 0 Å². The molecule has 134 valence electrons. The highest BCUT2D eigenvalue weighted by atomic mass is 32.2. The highest BCUT2D eigenvalue weighted by Gasteiger charge is 2.58. The summed E-state index contributed by atoms with van der Waals surface area (Å²) in [6.45, 7) is 0.637. The van der Waals surface area contributed by atoms with E-state index in [1.54, 1.807) is 4.90 Å². The van der Waals surface area contributed by atoms with Gasteiger partial charge in [0.1, 0.15) is 6.10 Å². The largest absolute Gasteiger partial charge is 0.772 e. The summed E-state index contributed by atoms with van der Waals surface area (Å²) in [6, 6.07) is 2.71. The molecule has 1 aliphatic carbocycles. The molecule has 0 bridgehead atoms. The zero-order valence-corrected chi connectivity index (χ0v) is 13.4. The van der Waals surface area contributed by atoms with E-state index in [4.69, 9.17) is 0 Å². The second-order valence-corrected chi connectivity index (χ2v) is 7.10. The van der Waals surface area contributed by atoms with Crippen LogP contribution in [0.25, 0.3) is 0 Å². The third-order valence-corrected chi connectivity index (χ3v) is 5.14. The molecule has 2 N–H and O–H groups in total. The second kappa shape index (κ2) is 6.29. The average Bonchev–Trinajstić information content (AvgIpc) is 2.69. The molecule has 1 unspecified atom stereocenters. The minimum Gasteiger partial charge on any atom is -0.772 e. The Labute approximate surface area is 139 Å². The van der Waals surface area contributed by atoms with Gasteiger partial charge in [0.15, 0.2) is 6.17 Å². The Balaban J connectivity index is 2.12. The molecule has 0 radical (unpaired) electrons. The van der Waals surface area contributed by atoms with E-state index in [0.717, 1.165) is 0 Å². The number of rotatable bonds is 3. The number of aliphatic hydroxyl groups is 2. The molecule has 5 nitrogen and oxygen atoms in total. The fourth-order valence-electron chi connectivity index (χ4n) is 3.48. The first-order valence-corrected chi connectivity index (χ1v) is 8.82. The Hall–Kier alpha value is -1.16. The van der Waals surface area contributed by atoms with Crippen molar-refractivity contribution >= 4 is 16.8 Å². The van der Waals surface area contributed by atoms with E-state index in [9.17, 15) is 32.1 Å². The topological polar surface area (TPSA) is 83.8 Å². The SMILES string of the molecule is O=S([O-])Cc1ccc(N2CCC[C@H](O)C2)c2c1[C@H](O)C(F)(F)[C@@H]2F. The number of anilines is 1. The van der Waals surface area contributed by atoms with E-state index < -0.39 is 41.1 Å². The molecule has 1 fully saturated rings. The van der Waals surface area contributed by atoms with Crippen molar-refractivity contribution in [1.82, 2.24) is 0 Å². The van der Waals surface area contributed by atoms with Crippen molar-refractivity contribution in [3.8, 4) is 0 Å². The highest BCUT2D eigenvalue weighted by Crippen LogP contribution is 2.56. The third-order valence-electron chi connectivity index (χ3n) is 4.59. The summed E-state index contributed by atoms with van der Waals surface area (Å²) < 4.78 is 64.3. The summed E-state index contributed by atoms with van der Waals surface area (Å²) in [5.74, 6) is -4.60. The minimum absolute atomic E-state index is 0.0352. The van der Waals surface area contributed by atoms with Crippen LogP contribution < -0.4 is 4.90 Å². The fraction of sp³-hybridized carbons (Fsp3) is 0.600. The third kappa shape index (κ3) is 2.83. The molecule has 1 heterocycles. The first-order chi connectivity index (χ1) is 11.2. The van der Waals surface area contributed by atoms with Gasteiger partial charge in [0.25, 0.3) is 0 Å². The monoisotopic (exact) mass is 364 g/mol. The Kier molecular flexibility index (Phi) is 4.63. The van der Waals surface area contributed by atoms with Crippen LogP contribution in [0.1, 0.15) is 41.8 Å². The van der Waals surface area contributed by atoms with E-state index in [1.807, 2.05) is 0 Å². The lowest BCUT2D eigenvalue weighted by molar-refractivity contribution is -0.143. The molecule has 24 heavy (non-hydrogen) atoms. The number of halogens is 3. The molecule has 0 amide bonds. The van der Waals surface area contributed by atoms with Gasteiger partial charge in [-0.3, -0.25) is 4.21 Å². The van der Waals surface area contributed by atoms with E-state index in [-0.39, 0.29) is 28.9 Å². The fourth-order valence-corrected chi connectivity index (χ4v) is 3.99. The highest BCUT2D eigenvalue weighted by molar-refractivity contribution is 7.78. The molecule has 0 saturated carbocycles. The molecule has 3 rings (SSSR count). The molecular weight excluding hydrogens is 347 g/mol. The normalized spacial score (nSPS) is 30.2. The molecule has 1 aromatic carbocycles. The van der Waals surface area contributed by atoms with Crippen molar-refractivity contribution < 1.29 is 32.1 Å². The number of hydrogen-bond donors (Lipinski definition) is 2. The molecule has 1 aliphatic heterocycles. The van der Waals surface area contributed by atoms with Crippen LogP contribution in [-0.4, -0.2) is 44.1 Å². The number of β-amino-alcohol motifs (C(OH)–C–C–N with tert-alkyl or cyclic N) is 1. The van der Waals surface area contributed by atoms with Crippen LogP contribution in [0.5, 0.6) is 0 Å². The van der Waals surface area contributed by atoms with Crippen LogP contribution in [0.3, 0.4) is 0 Å². The molecule has 2 aliphatic rings. The summed E-state index contributed by atoms with van der Waals surface area (Å²) in [7, 11) is 0. The van der Waals surface area contributed by atoms with Crippen molar-refractivity contribution in [3.05, 3.63) is 28.8 Å². The van der Waals surface area contributed by atoms with Gasteiger partial charge in [0, 0.05) is 30.1 Å².